The summed E-state index contributed by atoms with van der Waals surface area (Å²) in [6.07, 6.45) is 0. The van der Waals surface area contributed by atoms with Gasteiger partial charge in [-0.25, -0.2) is 0 Å². The van der Waals surface area contributed by atoms with Crippen molar-refractivity contribution >= 4 is 65.6 Å². The van der Waals surface area contributed by atoms with E-state index in [1.807, 2.05) is 0 Å². The number of rotatable bonds is 4. The molecule has 0 atom stereocenters. The van der Waals surface area contributed by atoms with Crippen molar-refractivity contribution in [1.82, 2.24) is 9.13 Å². The fourth-order valence-electron chi connectivity index (χ4n) is 8.38. The van der Waals surface area contributed by atoms with Crippen molar-refractivity contribution in [2.45, 2.75) is 0 Å². The summed E-state index contributed by atoms with van der Waals surface area (Å²) in [6.45, 7) is 0. The van der Waals surface area contributed by atoms with Gasteiger partial charge in [0, 0.05) is 32.6 Å². The van der Waals surface area contributed by atoms with Crippen molar-refractivity contribution < 1.29 is 4.42 Å². The summed E-state index contributed by atoms with van der Waals surface area (Å²) in [4.78, 5) is 0. The Balaban J connectivity index is 1.23. The van der Waals surface area contributed by atoms with E-state index in [0.717, 1.165) is 49.9 Å². The molecule has 0 radical (unpaired) electrons. The third-order valence-electron chi connectivity index (χ3n) is 10.5. The minimum Gasteiger partial charge on any atom is -0.456 e. The molecule has 0 saturated carbocycles. The van der Waals surface area contributed by atoms with Crippen LogP contribution in [0.4, 0.5) is 0 Å². The van der Waals surface area contributed by atoms with E-state index < -0.39 is 0 Å². The van der Waals surface area contributed by atoms with E-state index in [9.17, 15) is 0 Å². The number of aromatic nitrogens is 2. The van der Waals surface area contributed by atoms with E-state index in [0.29, 0.717) is 0 Å². The van der Waals surface area contributed by atoms with Gasteiger partial charge in [-0.3, -0.25) is 0 Å². The highest BCUT2D eigenvalue weighted by Gasteiger charge is 2.23. The van der Waals surface area contributed by atoms with Crippen LogP contribution in [0.1, 0.15) is 0 Å². The molecule has 3 aromatic heterocycles. The Labute approximate surface area is 293 Å². The maximum absolute atomic E-state index is 6.59. The molecular formula is C48H30N2O. The number of nitrogens with zero attached hydrogens (tertiary/aromatic N) is 2. The molecule has 238 valence electrons. The van der Waals surface area contributed by atoms with Gasteiger partial charge in [-0.2, -0.15) is 0 Å². The molecular weight excluding hydrogens is 621 g/mol. The molecule has 0 N–H and O–H groups in total. The van der Waals surface area contributed by atoms with Crippen LogP contribution in [0, 0.1) is 0 Å². The van der Waals surface area contributed by atoms with E-state index >= 15 is 0 Å². The average Bonchev–Trinajstić information content (AvgIpc) is 3.86. The predicted octanol–water partition coefficient (Wildman–Crippen LogP) is 13.1. The molecule has 0 saturated heterocycles. The molecule has 8 aromatic carbocycles. The topological polar surface area (TPSA) is 23.0 Å². The summed E-state index contributed by atoms with van der Waals surface area (Å²) < 4.78 is 11.5. The SMILES string of the molecule is c1ccc(-c2ccccc2-c2ccc3oc4cccc(-n5c6ccccc6c6c5ccc5c7ccccc7n(-c7ccccc7)c56)c4c3c2)cc1. The number of hydrogen-bond donors (Lipinski definition) is 0. The summed E-state index contributed by atoms with van der Waals surface area (Å²) in [7, 11) is 0. The largest absolute Gasteiger partial charge is 0.456 e. The maximum Gasteiger partial charge on any atom is 0.137 e. The first kappa shape index (κ1) is 28.0. The van der Waals surface area contributed by atoms with Crippen LogP contribution in [0.3, 0.4) is 0 Å². The van der Waals surface area contributed by atoms with Gasteiger partial charge in [0.25, 0.3) is 0 Å². The van der Waals surface area contributed by atoms with Gasteiger partial charge in [-0.05, 0) is 76.9 Å². The summed E-state index contributed by atoms with van der Waals surface area (Å²) in [6, 6.07) is 65.3. The molecule has 0 bridgehead atoms. The Morgan fingerprint density at radius 2 is 1.02 bits per heavy atom. The quantitative estimate of drug-likeness (QED) is 0.186. The van der Waals surface area contributed by atoms with Crippen LogP contribution in [0.25, 0.3) is 99.2 Å². The van der Waals surface area contributed by atoms with Crippen LogP contribution >= 0.6 is 0 Å². The van der Waals surface area contributed by atoms with Crippen LogP contribution in [-0.2, 0) is 0 Å². The zero-order valence-electron chi connectivity index (χ0n) is 27.6. The molecule has 3 heteroatoms. The van der Waals surface area contributed by atoms with Crippen LogP contribution in [0.2, 0.25) is 0 Å². The number of benzene rings is 8. The van der Waals surface area contributed by atoms with E-state index in [2.05, 4.69) is 191 Å². The van der Waals surface area contributed by atoms with Gasteiger partial charge in [0.2, 0.25) is 0 Å². The van der Waals surface area contributed by atoms with Gasteiger partial charge in [0.1, 0.15) is 11.2 Å². The van der Waals surface area contributed by atoms with Crippen molar-refractivity contribution in [2.24, 2.45) is 0 Å². The second-order valence-electron chi connectivity index (χ2n) is 13.3. The molecule has 51 heavy (non-hydrogen) atoms. The van der Waals surface area contributed by atoms with Gasteiger partial charge in [-0.1, -0.05) is 127 Å². The lowest BCUT2D eigenvalue weighted by Crippen LogP contribution is -1.96. The molecule has 0 aliphatic rings. The molecule has 0 aliphatic carbocycles. The first-order valence-electron chi connectivity index (χ1n) is 17.4. The van der Waals surface area contributed by atoms with Crippen LogP contribution in [-0.4, -0.2) is 9.13 Å². The van der Waals surface area contributed by atoms with Gasteiger partial charge in [0.05, 0.1) is 33.1 Å². The molecule has 0 amide bonds. The molecule has 0 fully saturated rings. The van der Waals surface area contributed by atoms with E-state index in [1.54, 1.807) is 0 Å². The monoisotopic (exact) mass is 650 g/mol. The Bertz CT molecular complexity index is 3130. The fourth-order valence-corrected chi connectivity index (χ4v) is 8.38. The number of hydrogen-bond acceptors (Lipinski definition) is 1. The van der Waals surface area contributed by atoms with Crippen molar-refractivity contribution in [3.63, 3.8) is 0 Å². The number of fused-ring (bicyclic) bond motifs is 10. The first-order valence-corrected chi connectivity index (χ1v) is 17.4. The highest BCUT2D eigenvalue weighted by atomic mass is 16.3. The highest BCUT2D eigenvalue weighted by molar-refractivity contribution is 6.26. The third-order valence-corrected chi connectivity index (χ3v) is 10.5. The highest BCUT2D eigenvalue weighted by Crippen LogP contribution is 2.44. The molecule has 11 aromatic rings. The first-order chi connectivity index (χ1) is 25.3. The van der Waals surface area contributed by atoms with Crippen molar-refractivity contribution in [2.75, 3.05) is 0 Å². The Morgan fingerprint density at radius 1 is 0.353 bits per heavy atom. The van der Waals surface area contributed by atoms with Gasteiger partial charge in [-0.15, -0.1) is 0 Å². The summed E-state index contributed by atoms with van der Waals surface area (Å²) in [5.74, 6) is 0. The molecule has 11 rings (SSSR count). The molecule has 0 spiro atoms. The normalized spacial score (nSPS) is 11.9. The zero-order valence-corrected chi connectivity index (χ0v) is 27.6. The van der Waals surface area contributed by atoms with E-state index in [1.165, 1.54) is 49.3 Å². The van der Waals surface area contributed by atoms with Gasteiger partial charge in [0.15, 0.2) is 0 Å². The minimum atomic E-state index is 0.876. The standard InChI is InChI=1S/C48H30N2O/c1-3-14-31(15-4-1)34-18-7-8-19-35(34)32-26-29-44-39(30-32)46-42(24-13-25-45(46)51-44)50-41-23-12-10-21-38(41)47-43(50)28-27-37-36-20-9-11-22-40(36)49(48(37)47)33-16-5-2-6-17-33/h1-30H. The lowest BCUT2D eigenvalue weighted by atomic mass is 9.94. The second kappa shape index (κ2) is 10.8. The van der Waals surface area contributed by atoms with Crippen molar-refractivity contribution in [3.8, 4) is 33.6 Å². The number of furan rings is 1. The zero-order chi connectivity index (χ0) is 33.5. The van der Waals surface area contributed by atoms with Crippen molar-refractivity contribution in [3.05, 3.63) is 182 Å². The summed E-state index contributed by atoms with van der Waals surface area (Å²) >= 11 is 0. The third kappa shape index (κ3) is 4.06. The van der Waals surface area contributed by atoms with Gasteiger partial charge >= 0.3 is 0 Å². The average molecular weight is 651 g/mol. The predicted molar refractivity (Wildman–Crippen MR) is 213 cm³/mol. The summed E-state index contributed by atoms with van der Waals surface area (Å²) in [5.41, 5.74) is 13.5. The molecule has 3 nitrogen and oxygen atoms in total. The lowest BCUT2D eigenvalue weighted by molar-refractivity contribution is 0.669. The lowest BCUT2D eigenvalue weighted by Gasteiger charge is -2.12. The van der Waals surface area contributed by atoms with Crippen LogP contribution in [0.5, 0.6) is 0 Å². The van der Waals surface area contributed by atoms with Gasteiger partial charge < -0.3 is 13.6 Å². The van der Waals surface area contributed by atoms with Crippen LogP contribution in [0.15, 0.2) is 186 Å². The Morgan fingerprint density at radius 3 is 1.82 bits per heavy atom. The maximum atomic E-state index is 6.59. The minimum absolute atomic E-state index is 0.876. The Kier molecular flexibility index (Phi) is 5.96. The smallest absolute Gasteiger partial charge is 0.137 e. The Hall–Kier alpha value is -6.84. The van der Waals surface area contributed by atoms with Crippen molar-refractivity contribution in [1.29, 1.82) is 0 Å². The van der Waals surface area contributed by atoms with E-state index in [4.69, 9.17) is 4.42 Å². The molecule has 0 unspecified atom stereocenters. The number of para-hydroxylation sites is 3. The molecule has 3 heterocycles. The molecule has 0 aliphatic heterocycles. The summed E-state index contributed by atoms with van der Waals surface area (Å²) in [5, 5.41) is 7.18. The fraction of sp³-hybridized carbons (Fsp3) is 0. The second-order valence-corrected chi connectivity index (χ2v) is 13.3. The van der Waals surface area contributed by atoms with Crippen LogP contribution < -0.4 is 0 Å². The van der Waals surface area contributed by atoms with E-state index in [-0.39, 0.29) is 0 Å².